The van der Waals surface area contributed by atoms with Gasteiger partial charge in [-0.05, 0) is 29.4 Å². The van der Waals surface area contributed by atoms with Crippen LogP contribution >= 0.6 is 0 Å². The normalized spacial score (nSPS) is 25.5. The van der Waals surface area contributed by atoms with Gasteiger partial charge in [0.05, 0.1) is 5.92 Å². The molecule has 2 bridgehead atoms. The van der Waals surface area contributed by atoms with Crippen molar-refractivity contribution in [1.29, 1.82) is 0 Å². The Hall–Kier alpha value is -2.88. The fraction of sp³-hybridized carbons (Fsp3) is 0.304. The number of carboxylic acids is 1. The van der Waals surface area contributed by atoms with Crippen molar-refractivity contribution in [3.63, 3.8) is 0 Å². The van der Waals surface area contributed by atoms with Gasteiger partial charge >= 0.3 is 0 Å². The minimum absolute atomic E-state index is 0.000512. The number of allylic oxidation sites excluding steroid dienone is 2. The van der Waals surface area contributed by atoms with Gasteiger partial charge in [-0.2, -0.15) is 0 Å². The fourth-order valence-electron chi connectivity index (χ4n) is 4.51. The van der Waals surface area contributed by atoms with Crippen LogP contribution in [0.2, 0.25) is 0 Å². The van der Waals surface area contributed by atoms with Gasteiger partial charge in [0.25, 0.3) is 0 Å². The van der Waals surface area contributed by atoms with Crippen LogP contribution in [0.5, 0.6) is 0 Å². The predicted molar refractivity (Wildman–Crippen MR) is 99.9 cm³/mol. The molecule has 0 spiro atoms. The van der Waals surface area contributed by atoms with E-state index in [4.69, 9.17) is 0 Å². The minimum Gasteiger partial charge on any atom is -0.550 e. The van der Waals surface area contributed by atoms with E-state index in [0.29, 0.717) is 13.1 Å². The minimum atomic E-state index is -1.11. The van der Waals surface area contributed by atoms with Crippen molar-refractivity contribution < 1.29 is 14.7 Å². The molecule has 1 fully saturated rings. The summed E-state index contributed by atoms with van der Waals surface area (Å²) in [6.07, 6.45) is 4.68. The molecule has 2 aromatic carbocycles. The van der Waals surface area contributed by atoms with Crippen LogP contribution in [-0.2, 0) is 22.7 Å². The highest BCUT2D eigenvalue weighted by molar-refractivity contribution is 5.86. The lowest BCUT2D eigenvalue weighted by Gasteiger charge is -2.33. The number of hydrogen-bond acceptors (Lipinski definition) is 3. The largest absolute Gasteiger partial charge is 0.550 e. The number of carbonyl (C=O) groups is 2. The maximum absolute atomic E-state index is 13.5. The van der Waals surface area contributed by atoms with Gasteiger partial charge in [0.15, 0.2) is 0 Å². The monoisotopic (exact) mass is 360 g/mol. The third kappa shape index (κ3) is 3.52. The Morgan fingerprint density at radius 3 is 1.78 bits per heavy atom. The lowest BCUT2D eigenvalue weighted by molar-refractivity contribution is -0.313. The first-order valence-corrected chi connectivity index (χ1v) is 9.39. The van der Waals surface area contributed by atoms with Gasteiger partial charge in [0, 0.05) is 25.0 Å². The molecule has 4 heteroatoms. The van der Waals surface area contributed by atoms with Crippen molar-refractivity contribution in [2.24, 2.45) is 23.7 Å². The summed E-state index contributed by atoms with van der Waals surface area (Å²) in [5.41, 5.74) is 2.07. The molecule has 1 amide bonds. The van der Waals surface area contributed by atoms with E-state index in [2.05, 4.69) is 0 Å². The van der Waals surface area contributed by atoms with Gasteiger partial charge in [0.2, 0.25) is 5.91 Å². The van der Waals surface area contributed by atoms with Crippen molar-refractivity contribution in [2.45, 2.75) is 19.5 Å². The standard InChI is InChI=1S/C23H23NO3/c25-22(20-18-11-12-19(13-18)21(20)23(26)27)24(14-16-7-3-1-4-8-16)15-17-9-5-2-6-10-17/h1-12,18-21H,13-15H2,(H,26,27)/p-1/t18-,19+,20+,21+/m1/s1. The highest BCUT2D eigenvalue weighted by atomic mass is 16.4. The molecule has 2 aromatic rings. The Labute approximate surface area is 159 Å². The molecule has 2 aliphatic rings. The molecule has 4 nitrogen and oxygen atoms in total. The summed E-state index contributed by atoms with van der Waals surface area (Å²) < 4.78 is 0. The molecule has 1 saturated carbocycles. The molecule has 2 aliphatic carbocycles. The van der Waals surface area contributed by atoms with Crippen LogP contribution < -0.4 is 5.11 Å². The molecule has 0 aliphatic heterocycles. The van der Waals surface area contributed by atoms with Gasteiger partial charge in [0.1, 0.15) is 0 Å². The summed E-state index contributed by atoms with van der Waals surface area (Å²) in [5.74, 6) is -2.53. The third-order valence-electron chi connectivity index (χ3n) is 5.76. The molecule has 0 saturated heterocycles. The summed E-state index contributed by atoms with van der Waals surface area (Å²) in [6.45, 7) is 0.928. The number of hydrogen-bond donors (Lipinski definition) is 0. The molecule has 27 heavy (non-hydrogen) atoms. The summed E-state index contributed by atoms with van der Waals surface area (Å²) >= 11 is 0. The lowest BCUT2D eigenvalue weighted by atomic mass is 9.82. The molecular formula is C23H22NO3-. The number of fused-ring (bicyclic) bond motifs is 2. The van der Waals surface area contributed by atoms with Gasteiger partial charge in [-0.15, -0.1) is 0 Å². The molecule has 0 aromatic heterocycles. The Bertz CT molecular complexity index is 805. The number of aliphatic carboxylic acids is 1. The van der Waals surface area contributed by atoms with Crippen LogP contribution in [-0.4, -0.2) is 16.8 Å². The summed E-state index contributed by atoms with van der Waals surface area (Å²) in [5, 5.41) is 11.7. The van der Waals surface area contributed by atoms with Gasteiger partial charge in [-0.3, -0.25) is 4.79 Å². The van der Waals surface area contributed by atoms with Crippen molar-refractivity contribution in [2.75, 3.05) is 0 Å². The van der Waals surface area contributed by atoms with Crippen molar-refractivity contribution in [3.8, 4) is 0 Å². The molecule has 0 N–H and O–H groups in total. The second-order valence-corrected chi connectivity index (χ2v) is 7.48. The van der Waals surface area contributed by atoms with E-state index in [1.54, 1.807) is 4.90 Å². The van der Waals surface area contributed by atoms with E-state index < -0.39 is 17.8 Å². The van der Waals surface area contributed by atoms with Crippen molar-refractivity contribution in [1.82, 2.24) is 4.90 Å². The zero-order valence-corrected chi connectivity index (χ0v) is 15.0. The average molecular weight is 360 g/mol. The van der Waals surface area contributed by atoms with E-state index in [-0.39, 0.29) is 17.7 Å². The summed E-state index contributed by atoms with van der Waals surface area (Å²) in [4.78, 5) is 27.0. The van der Waals surface area contributed by atoms with Crippen LogP contribution in [0.4, 0.5) is 0 Å². The average Bonchev–Trinajstić information content (AvgIpc) is 3.30. The Morgan fingerprint density at radius 1 is 0.815 bits per heavy atom. The van der Waals surface area contributed by atoms with E-state index in [1.165, 1.54) is 0 Å². The number of benzene rings is 2. The molecule has 0 radical (unpaired) electrons. The second-order valence-electron chi connectivity index (χ2n) is 7.48. The molecule has 138 valence electrons. The van der Waals surface area contributed by atoms with Crippen LogP contribution in [0.25, 0.3) is 0 Å². The smallest absolute Gasteiger partial charge is 0.227 e. The number of carbonyl (C=O) groups excluding carboxylic acids is 2. The first kappa shape index (κ1) is 17.5. The van der Waals surface area contributed by atoms with E-state index in [1.807, 2.05) is 72.8 Å². The highest BCUT2D eigenvalue weighted by Crippen LogP contribution is 2.48. The second kappa shape index (κ2) is 7.39. The quantitative estimate of drug-likeness (QED) is 0.743. The first-order chi connectivity index (χ1) is 13.1. The number of rotatable bonds is 6. The van der Waals surface area contributed by atoms with Crippen LogP contribution in [0, 0.1) is 23.7 Å². The number of amides is 1. The molecule has 0 heterocycles. The van der Waals surface area contributed by atoms with Crippen molar-refractivity contribution >= 4 is 11.9 Å². The molecule has 4 rings (SSSR count). The number of nitrogens with zero attached hydrogens (tertiary/aromatic N) is 1. The van der Waals surface area contributed by atoms with Gasteiger partial charge in [-0.25, -0.2) is 0 Å². The third-order valence-corrected chi connectivity index (χ3v) is 5.76. The highest BCUT2D eigenvalue weighted by Gasteiger charge is 2.49. The van der Waals surface area contributed by atoms with Crippen LogP contribution in [0.1, 0.15) is 17.5 Å². The number of carboxylic acid groups (broad SMARTS) is 1. The van der Waals surface area contributed by atoms with E-state index in [9.17, 15) is 14.7 Å². The van der Waals surface area contributed by atoms with E-state index >= 15 is 0 Å². The van der Waals surface area contributed by atoms with Crippen molar-refractivity contribution in [3.05, 3.63) is 83.9 Å². The Kier molecular flexibility index (Phi) is 4.80. The molecule has 0 unspecified atom stereocenters. The van der Waals surface area contributed by atoms with Gasteiger partial charge in [-0.1, -0.05) is 72.8 Å². The maximum atomic E-state index is 13.5. The van der Waals surface area contributed by atoms with E-state index in [0.717, 1.165) is 17.5 Å². The zero-order chi connectivity index (χ0) is 18.8. The lowest BCUT2D eigenvalue weighted by Crippen LogP contribution is -2.46. The first-order valence-electron chi connectivity index (χ1n) is 9.39. The van der Waals surface area contributed by atoms with Gasteiger partial charge < -0.3 is 14.8 Å². The zero-order valence-electron chi connectivity index (χ0n) is 15.0. The Morgan fingerprint density at radius 2 is 1.30 bits per heavy atom. The molecular weight excluding hydrogens is 338 g/mol. The topological polar surface area (TPSA) is 60.4 Å². The SMILES string of the molecule is O=C([O-])[C@@H]1[C@@H](C(=O)N(Cc2ccccc2)Cc2ccccc2)[C@@H]2C=C[C@H]1C2. The molecule has 4 atom stereocenters. The summed E-state index contributed by atoms with van der Waals surface area (Å²) in [7, 11) is 0. The summed E-state index contributed by atoms with van der Waals surface area (Å²) in [6, 6.07) is 19.6. The van der Waals surface area contributed by atoms with Crippen LogP contribution in [0.15, 0.2) is 72.8 Å². The fourth-order valence-corrected chi connectivity index (χ4v) is 4.51. The predicted octanol–water partition coefficient (Wildman–Crippen LogP) is 2.40. The Balaban J connectivity index is 1.62. The maximum Gasteiger partial charge on any atom is 0.227 e. The van der Waals surface area contributed by atoms with Crippen LogP contribution in [0.3, 0.4) is 0 Å².